The van der Waals surface area contributed by atoms with Crippen molar-refractivity contribution in [3.63, 3.8) is 0 Å². The summed E-state index contributed by atoms with van der Waals surface area (Å²) in [5.74, 6) is 0.640. The van der Waals surface area contributed by atoms with Crippen molar-refractivity contribution >= 4 is 0 Å². The molecule has 2 atom stereocenters. The average molecular weight is 220 g/mol. The first-order chi connectivity index (χ1) is 7.59. The number of hydrogen-bond donors (Lipinski definition) is 2. The summed E-state index contributed by atoms with van der Waals surface area (Å²) in [6.07, 6.45) is 4.08. The number of aromatic hydroxyl groups is 1. The minimum atomic E-state index is -0.211. The predicted molar refractivity (Wildman–Crippen MR) is 64.8 cm³/mol. The molecule has 2 N–H and O–H groups in total. The van der Waals surface area contributed by atoms with E-state index in [1.807, 2.05) is 26.0 Å². The minimum Gasteiger partial charge on any atom is -0.507 e. The van der Waals surface area contributed by atoms with Crippen LogP contribution in [0.3, 0.4) is 0 Å². The van der Waals surface area contributed by atoms with E-state index in [0.717, 1.165) is 30.4 Å². The second-order valence-electron chi connectivity index (χ2n) is 4.96. The van der Waals surface area contributed by atoms with E-state index in [1.54, 1.807) is 0 Å². The van der Waals surface area contributed by atoms with Gasteiger partial charge in [-0.3, -0.25) is 0 Å². The van der Waals surface area contributed by atoms with Crippen molar-refractivity contribution in [2.45, 2.75) is 51.6 Å². The van der Waals surface area contributed by atoms with Gasteiger partial charge in [-0.1, -0.05) is 25.0 Å². The number of phenols is 1. The lowest BCUT2D eigenvalue weighted by Crippen LogP contribution is -2.22. The Kier molecular flexibility index (Phi) is 3.20. The molecule has 0 saturated heterocycles. The van der Waals surface area contributed by atoms with E-state index in [1.165, 1.54) is 12.0 Å². The monoisotopic (exact) mass is 220 g/mol. The van der Waals surface area contributed by atoms with Crippen molar-refractivity contribution in [1.82, 2.24) is 0 Å². The molecule has 2 heteroatoms. The van der Waals surface area contributed by atoms with Crippen molar-refractivity contribution in [3.8, 4) is 5.75 Å². The molecule has 0 aromatic heterocycles. The lowest BCUT2D eigenvalue weighted by Gasteiger charge is -2.28. The molecule has 2 nitrogen and oxygen atoms in total. The van der Waals surface area contributed by atoms with Crippen LogP contribution in [0.5, 0.6) is 5.75 Å². The second-order valence-corrected chi connectivity index (χ2v) is 4.96. The molecular formula is C14H20O2. The molecule has 0 aliphatic heterocycles. The smallest absolute Gasteiger partial charge is 0.121 e. The summed E-state index contributed by atoms with van der Waals surface area (Å²) < 4.78 is 0. The van der Waals surface area contributed by atoms with Crippen molar-refractivity contribution < 1.29 is 10.2 Å². The van der Waals surface area contributed by atoms with Crippen LogP contribution in [-0.4, -0.2) is 16.3 Å². The van der Waals surface area contributed by atoms with Gasteiger partial charge in [0.05, 0.1) is 6.10 Å². The molecule has 2 unspecified atom stereocenters. The van der Waals surface area contributed by atoms with Crippen LogP contribution >= 0.6 is 0 Å². The molecular weight excluding hydrogens is 200 g/mol. The Balaban J connectivity index is 2.32. The third-order valence-electron chi connectivity index (χ3n) is 3.67. The van der Waals surface area contributed by atoms with Crippen molar-refractivity contribution in [3.05, 3.63) is 28.8 Å². The second kappa shape index (κ2) is 4.46. The zero-order chi connectivity index (χ0) is 11.7. The van der Waals surface area contributed by atoms with Crippen LogP contribution in [0.15, 0.2) is 12.1 Å². The van der Waals surface area contributed by atoms with Gasteiger partial charge < -0.3 is 10.2 Å². The minimum absolute atomic E-state index is 0.211. The summed E-state index contributed by atoms with van der Waals surface area (Å²) in [5.41, 5.74) is 3.00. The van der Waals surface area contributed by atoms with Gasteiger partial charge in [0.1, 0.15) is 5.75 Å². The van der Waals surface area contributed by atoms with Crippen molar-refractivity contribution in [2.75, 3.05) is 0 Å². The maximum Gasteiger partial charge on any atom is 0.121 e. The normalized spacial score (nSPS) is 25.7. The van der Waals surface area contributed by atoms with Gasteiger partial charge in [-0.2, -0.15) is 0 Å². The molecule has 88 valence electrons. The number of aliphatic hydroxyl groups is 1. The molecule has 16 heavy (non-hydrogen) atoms. The number of aryl methyl sites for hydroxylation is 2. The van der Waals surface area contributed by atoms with E-state index in [2.05, 4.69) is 0 Å². The fourth-order valence-electron chi connectivity index (χ4n) is 2.70. The Morgan fingerprint density at radius 2 is 1.62 bits per heavy atom. The van der Waals surface area contributed by atoms with Gasteiger partial charge in [0.15, 0.2) is 0 Å². The molecule has 0 radical (unpaired) electrons. The Hall–Kier alpha value is -1.02. The number of aliphatic hydroxyl groups excluding tert-OH is 1. The van der Waals surface area contributed by atoms with Gasteiger partial charge in [0.25, 0.3) is 0 Å². The summed E-state index contributed by atoms with van der Waals surface area (Å²) in [6.45, 7) is 3.84. The zero-order valence-electron chi connectivity index (χ0n) is 10.0. The van der Waals surface area contributed by atoms with Crippen LogP contribution in [0.4, 0.5) is 0 Å². The topological polar surface area (TPSA) is 40.5 Å². The molecule has 1 aliphatic rings. The van der Waals surface area contributed by atoms with Crippen molar-refractivity contribution in [2.24, 2.45) is 0 Å². The fraction of sp³-hybridized carbons (Fsp3) is 0.571. The highest BCUT2D eigenvalue weighted by atomic mass is 16.3. The van der Waals surface area contributed by atoms with E-state index >= 15 is 0 Å². The van der Waals surface area contributed by atoms with E-state index in [-0.39, 0.29) is 12.0 Å². The first-order valence-corrected chi connectivity index (χ1v) is 6.08. The number of benzene rings is 1. The molecule has 1 aromatic carbocycles. The first kappa shape index (κ1) is 11.5. The first-order valence-electron chi connectivity index (χ1n) is 6.08. The number of hydrogen-bond acceptors (Lipinski definition) is 2. The van der Waals surface area contributed by atoms with E-state index in [4.69, 9.17) is 0 Å². The van der Waals surface area contributed by atoms with Crippen LogP contribution < -0.4 is 0 Å². The maximum absolute atomic E-state index is 10.0. The van der Waals surface area contributed by atoms with Gasteiger partial charge in [-0.15, -0.1) is 0 Å². The molecule has 1 aromatic rings. The predicted octanol–water partition coefficient (Wildman–Crippen LogP) is 3.03. The summed E-state index contributed by atoms with van der Waals surface area (Å²) >= 11 is 0. The van der Waals surface area contributed by atoms with E-state index < -0.39 is 0 Å². The molecule has 1 saturated carbocycles. The Labute approximate surface area is 96.9 Å². The lowest BCUT2D eigenvalue weighted by atomic mass is 9.81. The highest BCUT2D eigenvalue weighted by Gasteiger charge is 2.25. The average Bonchev–Trinajstić information content (AvgIpc) is 2.26. The largest absolute Gasteiger partial charge is 0.507 e. The molecule has 0 spiro atoms. The lowest BCUT2D eigenvalue weighted by molar-refractivity contribution is 0.106. The van der Waals surface area contributed by atoms with E-state index in [9.17, 15) is 10.2 Å². The molecule has 2 rings (SSSR count). The van der Waals surface area contributed by atoms with Crippen LogP contribution in [0.1, 0.15) is 48.3 Å². The SMILES string of the molecule is Cc1cc(C2CCCCC2O)cc(C)c1O. The summed E-state index contributed by atoms with van der Waals surface area (Å²) in [4.78, 5) is 0. The molecule has 0 amide bonds. The van der Waals surface area contributed by atoms with Crippen LogP contribution in [0, 0.1) is 13.8 Å². The molecule has 0 heterocycles. The summed E-state index contributed by atoms with van der Waals surface area (Å²) in [7, 11) is 0. The van der Waals surface area contributed by atoms with Gasteiger partial charge >= 0.3 is 0 Å². The fourth-order valence-corrected chi connectivity index (χ4v) is 2.70. The van der Waals surface area contributed by atoms with Crippen LogP contribution in [-0.2, 0) is 0 Å². The molecule has 0 bridgehead atoms. The third kappa shape index (κ3) is 2.07. The highest BCUT2D eigenvalue weighted by Crippen LogP contribution is 2.35. The summed E-state index contributed by atoms with van der Waals surface area (Å²) in [5, 5.41) is 19.7. The Bertz CT molecular complexity index is 361. The molecule has 1 fully saturated rings. The Morgan fingerprint density at radius 1 is 1.06 bits per heavy atom. The summed E-state index contributed by atoms with van der Waals surface area (Å²) in [6, 6.07) is 4.03. The third-order valence-corrected chi connectivity index (χ3v) is 3.67. The van der Waals surface area contributed by atoms with Crippen molar-refractivity contribution in [1.29, 1.82) is 0 Å². The van der Waals surface area contributed by atoms with E-state index in [0.29, 0.717) is 5.75 Å². The quantitative estimate of drug-likeness (QED) is 0.763. The van der Waals surface area contributed by atoms with Gasteiger partial charge in [0.2, 0.25) is 0 Å². The number of rotatable bonds is 1. The zero-order valence-corrected chi connectivity index (χ0v) is 10.0. The van der Waals surface area contributed by atoms with Gasteiger partial charge in [-0.25, -0.2) is 0 Å². The standard InChI is InChI=1S/C14H20O2/c1-9-7-11(8-10(2)14(9)16)12-5-3-4-6-13(12)15/h7-8,12-13,15-16H,3-6H2,1-2H3. The maximum atomic E-state index is 10.0. The molecule has 1 aliphatic carbocycles. The van der Waals surface area contributed by atoms with Crippen LogP contribution in [0.2, 0.25) is 0 Å². The Morgan fingerprint density at radius 3 is 2.19 bits per heavy atom. The highest BCUT2D eigenvalue weighted by molar-refractivity contribution is 5.43. The van der Waals surface area contributed by atoms with Crippen LogP contribution in [0.25, 0.3) is 0 Å². The van der Waals surface area contributed by atoms with Gasteiger partial charge in [-0.05, 0) is 43.4 Å². The number of phenolic OH excluding ortho intramolecular Hbond substituents is 1. The van der Waals surface area contributed by atoms with Gasteiger partial charge in [0, 0.05) is 5.92 Å².